The highest BCUT2D eigenvalue weighted by molar-refractivity contribution is 6.00. The predicted molar refractivity (Wildman–Crippen MR) is 72.8 cm³/mol. The fourth-order valence-electron chi connectivity index (χ4n) is 2.73. The van der Waals surface area contributed by atoms with Crippen molar-refractivity contribution in [1.82, 2.24) is 0 Å². The Morgan fingerprint density at radius 3 is 2.60 bits per heavy atom. The fourth-order valence-corrected chi connectivity index (χ4v) is 2.73. The number of hydrogen-bond acceptors (Lipinski definition) is 4. The topological polar surface area (TPSA) is 67.2 Å². The molecule has 1 aromatic carbocycles. The van der Waals surface area contributed by atoms with E-state index in [2.05, 4.69) is 10.8 Å². The van der Waals surface area contributed by atoms with Gasteiger partial charge in [0.25, 0.3) is 0 Å². The van der Waals surface area contributed by atoms with Crippen molar-refractivity contribution in [2.45, 2.75) is 31.6 Å². The van der Waals surface area contributed by atoms with Crippen LogP contribution in [0.3, 0.4) is 0 Å². The van der Waals surface area contributed by atoms with Gasteiger partial charge < -0.3 is 4.74 Å². The first-order valence-corrected chi connectivity index (χ1v) is 6.61. The van der Waals surface area contributed by atoms with Crippen molar-refractivity contribution in [3.63, 3.8) is 0 Å². The molecule has 0 aromatic heterocycles. The highest BCUT2D eigenvalue weighted by Crippen LogP contribution is 2.40. The van der Waals surface area contributed by atoms with Gasteiger partial charge in [-0.3, -0.25) is 9.59 Å². The molecule has 20 heavy (non-hydrogen) atoms. The van der Waals surface area contributed by atoms with E-state index in [1.54, 1.807) is 0 Å². The molecular formula is C16H17NO3. The number of carbonyl (C=O) groups excluding carboxylic acids is 2. The number of esters is 1. The lowest BCUT2D eigenvalue weighted by Gasteiger charge is -2.34. The molecule has 2 unspecified atom stereocenters. The molecule has 1 fully saturated rings. The van der Waals surface area contributed by atoms with Gasteiger partial charge in [0, 0.05) is 6.42 Å². The zero-order chi connectivity index (χ0) is 14.8. The Hall–Kier alpha value is -2.15. The average Bonchev–Trinajstić information content (AvgIpc) is 2.48. The van der Waals surface area contributed by atoms with Gasteiger partial charge in [-0.05, 0) is 25.3 Å². The number of nitriles is 1. The van der Waals surface area contributed by atoms with Crippen molar-refractivity contribution in [2.24, 2.45) is 5.92 Å². The van der Waals surface area contributed by atoms with E-state index >= 15 is 0 Å². The summed E-state index contributed by atoms with van der Waals surface area (Å²) in [5, 5.41) is 9.61. The van der Waals surface area contributed by atoms with Crippen LogP contribution in [0.4, 0.5) is 0 Å². The van der Waals surface area contributed by atoms with Crippen molar-refractivity contribution in [2.75, 3.05) is 7.11 Å². The maximum Gasteiger partial charge on any atom is 0.316 e. The number of Topliss-reactive ketones (excluding diaryl/α,β-unsaturated/α-hetero) is 1. The Balaban J connectivity index is 2.36. The van der Waals surface area contributed by atoms with Crippen LogP contribution in [-0.2, 0) is 19.7 Å². The number of aryl methyl sites for hydroxylation is 1. The van der Waals surface area contributed by atoms with E-state index in [0.29, 0.717) is 6.42 Å². The number of hydrogen-bond donors (Lipinski definition) is 0. The average molecular weight is 271 g/mol. The zero-order valence-electron chi connectivity index (χ0n) is 11.7. The van der Waals surface area contributed by atoms with Crippen LogP contribution in [-0.4, -0.2) is 18.9 Å². The van der Waals surface area contributed by atoms with E-state index < -0.39 is 17.3 Å². The third-order valence-electron chi connectivity index (χ3n) is 4.04. The summed E-state index contributed by atoms with van der Waals surface area (Å²) >= 11 is 0. The van der Waals surface area contributed by atoms with E-state index in [0.717, 1.165) is 11.1 Å². The molecule has 0 N–H and O–H groups in total. The van der Waals surface area contributed by atoms with Gasteiger partial charge >= 0.3 is 5.97 Å². The van der Waals surface area contributed by atoms with Gasteiger partial charge in [0.15, 0.2) is 0 Å². The molecule has 0 amide bonds. The number of nitrogens with zero attached hydrogens (tertiary/aromatic N) is 1. The summed E-state index contributed by atoms with van der Waals surface area (Å²) in [6.07, 6.45) is 0.901. The van der Waals surface area contributed by atoms with Crippen LogP contribution in [0, 0.1) is 24.2 Å². The van der Waals surface area contributed by atoms with Crippen molar-refractivity contribution in [3.05, 3.63) is 35.4 Å². The second-order valence-electron chi connectivity index (χ2n) is 5.31. The number of carbonyl (C=O) groups is 2. The van der Waals surface area contributed by atoms with Gasteiger partial charge in [-0.15, -0.1) is 0 Å². The largest absolute Gasteiger partial charge is 0.468 e. The van der Waals surface area contributed by atoms with Crippen molar-refractivity contribution in [1.29, 1.82) is 5.26 Å². The van der Waals surface area contributed by atoms with Crippen LogP contribution in [0.1, 0.15) is 30.4 Å². The summed E-state index contributed by atoms with van der Waals surface area (Å²) in [6.45, 7) is 1.98. The van der Waals surface area contributed by atoms with Gasteiger partial charge in [-0.1, -0.05) is 29.8 Å². The van der Waals surface area contributed by atoms with E-state index in [1.165, 1.54) is 7.11 Å². The van der Waals surface area contributed by atoms with E-state index in [-0.39, 0.29) is 18.6 Å². The highest BCUT2D eigenvalue weighted by atomic mass is 16.5. The van der Waals surface area contributed by atoms with Gasteiger partial charge in [0.05, 0.1) is 18.6 Å². The van der Waals surface area contributed by atoms with E-state index in [1.807, 2.05) is 31.2 Å². The lowest BCUT2D eigenvalue weighted by Crippen LogP contribution is -2.40. The number of methoxy groups -OCH3 is 1. The second kappa shape index (κ2) is 5.46. The first kappa shape index (κ1) is 14.3. The Bertz CT molecular complexity index is 562. The molecule has 1 aliphatic carbocycles. The van der Waals surface area contributed by atoms with Crippen molar-refractivity contribution in [3.8, 4) is 6.07 Å². The second-order valence-corrected chi connectivity index (χ2v) is 5.31. The highest BCUT2D eigenvalue weighted by Gasteiger charge is 2.45. The zero-order valence-corrected chi connectivity index (χ0v) is 11.7. The molecule has 1 aliphatic rings. The van der Waals surface area contributed by atoms with Crippen LogP contribution < -0.4 is 0 Å². The van der Waals surface area contributed by atoms with Crippen molar-refractivity contribution >= 4 is 11.8 Å². The van der Waals surface area contributed by atoms with Crippen LogP contribution in [0.5, 0.6) is 0 Å². The summed E-state index contributed by atoms with van der Waals surface area (Å²) in [5.74, 6) is -1.49. The quantitative estimate of drug-likeness (QED) is 0.611. The maximum atomic E-state index is 11.9. The minimum atomic E-state index is -0.824. The Kier molecular flexibility index (Phi) is 3.89. The predicted octanol–water partition coefficient (Wildman–Crippen LogP) is 2.30. The summed E-state index contributed by atoms with van der Waals surface area (Å²) in [7, 11) is 1.27. The van der Waals surface area contributed by atoms with Crippen LogP contribution in [0.2, 0.25) is 0 Å². The van der Waals surface area contributed by atoms with Crippen LogP contribution in [0.15, 0.2) is 24.3 Å². The van der Waals surface area contributed by atoms with Crippen LogP contribution >= 0.6 is 0 Å². The monoisotopic (exact) mass is 271 g/mol. The van der Waals surface area contributed by atoms with Gasteiger partial charge in [0.2, 0.25) is 0 Å². The van der Waals surface area contributed by atoms with Crippen molar-refractivity contribution < 1.29 is 14.3 Å². The first-order valence-electron chi connectivity index (χ1n) is 6.61. The van der Waals surface area contributed by atoms with E-state index in [9.17, 15) is 14.9 Å². The Labute approximate surface area is 118 Å². The molecule has 0 spiro atoms. The third-order valence-corrected chi connectivity index (χ3v) is 4.04. The van der Waals surface area contributed by atoms with E-state index in [4.69, 9.17) is 0 Å². The fraction of sp³-hybridized carbons (Fsp3) is 0.438. The minimum Gasteiger partial charge on any atom is -0.468 e. The molecule has 0 bridgehead atoms. The lowest BCUT2D eigenvalue weighted by molar-refractivity contribution is -0.151. The first-order chi connectivity index (χ1) is 9.52. The molecule has 1 aromatic rings. The van der Waals surface area contributed by atoms with Gasteiger partial charge in [-0.25, -0.2) is 0 Å². The Morgan fingerprint density at radius 1 is 1.40 bits per heavy atom. The summed E-state index contributed by atoms with van der Waals surface area (Å²) in [4.78, 5) is 23.6. The number of ether oxygens (including phenoxy) is 1. The molecule has 0 saturated heterocycles. The van der Waals surface area contributed by atoms with Crippen LogP contribution in [0.25, 0.3) is 0 Å². The molecule has 2 rings (SSSR count). The summed E-state index contributed by atoms with van der Waals surface area (Å²) in [6, 6.07) is 10.0. The number of rotatable bonds is 2. The van der Waals surface area contributed by atoms with Gasteiger partial charge in [-0.2, -0.15) is 5.26 Å². The summed E-state index contributed by atoms with van der Waals surface area (Å²) < 4.78 is 4.68. The molecule has 0 heterocycles. The lowest BCUT2D eigenvalue weighted by atomic mass is 9.66. The SMILES string of the molecule is COC(=O)C1CC(C#N)(c2ccc(C)cc2)CCC1=O. The molecule has 2 atom stereocenters. The minimum absolute atomic E-state index is 0.130. The molecule has 4 nitrogen and oxygen atoms in total. The maximum absolute atomic E-state index is 11.9. The third kappa shape index (κ3) is 2.44. The molecular weight excluding hydrogens is 254 g/mol. The smallest absolute Gasteiger partial charge is 0.316 e. The number of ketones is 1. The standard InChI is InChI=1S/C16H17NO3/c1-11-3-5-12(6-4-11)16(10-17)8-7-14(18)13(9-16)15(19)20-2/h3-6,13H,7-9H2,1-2H3. The molecule has 104 valence electrons. The normalized spacial score (nSPS) is 25.9. The summed E-state index contributed by atoms with van der Waals surface area (Å²) in [5.41, 5.74) is 1.20. The van der Waals surface area contributed by atoms with Gasteiger partial charge in [0.1, 0.15) is 11.7 Å². The number of benzene rings is 1. The molecule has 1 saturated carbocycles. The Morgan fingerprint density at radius 2 is 2.05 bits per heavy atom. The molecule has 0 radical (unpaired) electrons. The molecule has 4 heteroatoms. The molecule has 0 aliphatic heterocycles.